The van der Waals surface area contributed by atoms with Gasteiger partial charge < -0.3 is 4.90 Å². The Kier molecular flexibility index (Phi) is 9.11. The van der Waals surface area contributed by atoms with Crippen LogP contribution in [0.4, 0.5) is 4.39 Å². The summed E-state index contributed by atoms with van der Waals surface area (Å²) in [5.74, 6) is 5.81. The van der Waals surface area contributed by atoms with Gasteiger partial charge >= 0.3 is 0 Å². The number of carbonyl (C=O) groups excluding carboxylic acids is 1. The number of aryl methyl sites for hydroxylation is 2. The fourth-order valence-electron chi connectivity index (χ4n) is 3.68. The molecule has 1 amide bonds. The number of halogens is 3. The van der Waals surface area contributed by atoms with Gasteiger partial charge in [0.25, 0.3) is 0 Å². The van der Waals surface area contributed by atoms with Crippen molar-refractivity contribution in [3.8, 4) is 23.1 Å². The van der Waals surface area contributed by atoms with Crippen LogP contribution in [0.1, 0.15) is 36.4 Å². The SMILES string of the molecule is CCc1cc(CC)n2nc(-c3ccc(C#CCF)cc3)c(CC(=O)N(CCCl)CCCl)c2n1. The Balaban J connectivity index is 2.14. The molecule has 0 atom stereocenters. The zero-order valence-corrected chi connectivity index (χ0v) is 20.4. The summed E-state index contributed by atoms with van der Waals surface area (Å²) in [6.07, 6.45) is 1.70. The van der Waals surface area contributed by atoms with E-state index in [1.54, 1.807) is 4.90 Å². The Morgan fingerprint density at radius 3 is 2.39 bits per heavy atom. The molecule has 0 aliphatic heterocycles. The van der Waals surface area contributed by atoms with Crippen LogP contribution < -0.4 is 0 Å². The fourth-order valence-corrected chi connectivity index (χ4v) is 4.09. The highest BCUT2D eigenvalue weighted by molar-refractivity contribution is 6.18. The fraction of sp³-hybridized carbons (Fsp3) is 0.400. The van der Waals surface area contributed by atoms with Crippen LogP contribution in [-0.4, -0.2) is 56.9 Å². The number of rotatable bonds is 9. The normalized spacial score (nSPS) is 10.8. The first-order valence-corrected chi connectivity index (χ1v) is 12.1. The largest absolute Gasteiger partial charge is 0.340 e. The number of hydrogen-bond donors (Lipinski definition) is 0. The summed E-state index contributed by atoms with van der Waals surface area (Å²) in [5, 5.41) is 4.86. The molecule has 0 radical (unpaired) electrons. The van der Waals surface area contributed by atoms with Gasteiger partial charge in [0.1, 0.15) is 0 Å². The monoisotopic (exact) mass is 488 g/mol. The Hall–Kier alpha value is -2.62. The van der Waals surface area contributed by atoms with Crippen molar-refractivity contribution in [3.05, 3.63) is 52.8 Å². The number of hydrogen-bond acceptors (Lipinski definition) is 3. The van der Waals surface area contributed by atoms with Crippen LogP contribution in [0.3, 0.4) is 0 Å². The Bertz CT molecular complexity index is 1160. The molecule has 1 aromatic carbocycles. The van der Waals surface area contributed by atoms with Crippen LogP contribution in [-0.2, 0) is 24.1 Å². The third-order valence-electron chi connectivity index (χ3n) is 5.38. The van der Waals surface area contributed by atoms with E-state index in [2.05, 4.69) is 31.8 Å². The Morgan fingerprint density at radius 1 is 1.12 bits per heavy atom. The van der Waals surface area contributed by atoms with Gasteiger partial charge in [-0.15, -0.1) is 23.2 Å². The lowest BCUT2D eigenvalue weighted by Crippen LogP contribution is -2.35. The molecule has 33 heavy (non-hydrogen) atoms. The maximum absolute atomic E-state index is 13.2. The molecule has 0 unspecified atom stereocenters. The van der Waals surface area contributed by atoms with Crippen molar-refractivity contribution in [1.29, 1.82) is 0 Å². The number of amides is 1. The number of nitrogens with zero attached hydrogens (tertiary/aromatic N) is 4. The Labute approximate surface area is 203 Å². The predicted octanol–water partition coefficient (Wildman–Crippen LogP) is 4.69. The van der Waals surface area contributed by atoms with Crippen molar-refractivity contribution in [1.82, 2.24) is 19.5 Å². The standard InChI is InChI=1S/C25H27Cl2FN4O/c1-3-20-16-21(4-2)32-25(29-20)22(17-23(33)31(14-11-26)15-12-27)24(30-32)19-9-7-18(8-10-19)6-5-13-28/h7-10,16H,3-4,11-15,17H2,1-2H3. The lowest BCUT2D eigenvalue weighted by atomic mass is 10.0. The summed E-state index contributed by atoms with van der Waals surface area (Å²) in [4.78, 5) is 19.7. The first-order chi connectivity index (χ1) is 16.1. The van der Waals surface area contributed by atoms with E-state index in [1.807, 2.05) is 28.8 Å². The minimum atomic E-state index is -0.688. The average molecular weight is 489 g/mol. The molecule has 3 aromatic rings. The minimum absolute atomic E-state index is 0.0698. The molecule has 174 valence electrons. The summed E-state index contributed by atoms with van der Waals surface area (Å²) in [5.41, 5.74) is 5.69. The van der Waals surface area contributed by atoms with E-state index in [1.165, 1.54) is 0 Å². The number of fused-ring (bicyclic) bond motifs is 1. The second-order valence-electron chi connectivity index (χ2n) is 7.46. The van der Waals surface area contributed by atoms with Gasteiger partial charge in [0.2, 0.25) is 5.91 Å². The molecular formula is C25H27Cl2FN4O. The molecule has 0 saturated heterocycles. The second kappa shape index (κ2) is 12.0. The van der Waals surface area contributed by atoms with Crippen LogP contribution in [0, 0.1) is 11.8 Å². The molecule has 5 nitrogen and oxygen atoms in total. The highest BCUT2D eigenvalue weighted by Gasteiger charge is 2.23. The highest BCUT2D eigenvalue weighted by atomic mass is 35.5. The van der Waals surface area contributed by atoms with Crippen LogP contribution >= 0.6 is 23.2 Å². The van der Waals surface area contributed by atoms with E-state index < -0.39 is 6.67 Å². The molecule has 0 bridgehead atoms. The quantitative estimate of drug-likeness (QED) is 0.324. The van der Waals surface area contributed by atoms with E-state index in [0.717, 1.165) is 35.4 Å². The summed E-state index contributed by atoms with van der Waals surface area (Å²) < 4.78 is 14.2. The molecule has 0 aliphatic rings. The third kappa shape index (κ3) is 5.85. The van der Waals surface area contributed by atoms with Gasteiger partial charge in [0, 0.05) is 52.9 Å². The first-order valence-electron chi connectivity index (χ1n) is 11.0. The van der Waals surface area contributed by atoms with Gasteiger partial charge in [-0.3, -0.25) is 4.79 Å². The Morgan fingerprint density at radius 2 is 1.82 bits per heavy atom. The number of carbonyl (C=O) groups is 1. The smallest absolute Gasteiger partial charge is 0.227 e. The maximum atomic E-state index is 13.2. The lowest BCUT2D eigenvalue weighted by molar-refractivity contribution is -0.129. The van der Waals surface area contributed by atoms with Crippen molar-refractivity contribution in [2.24, 2.45) is 0 Å². The molecule has 2 heterocycles. The summed E-state index contributed by atoms with van der Waals surface area (Å²) >= 11 is 11.8. The first kappa shape index (κ1) is 25.0. The number of alkyl halides is 3. The lowest BCUT2D eigenvalue weighted by Gasteiger charge is -2.20. The zero-order chi connectivity index (χ0) is 23.8. The van der Waals surface area contributed by atoms with E-state index in [-0.39, 0.29) is 12.3 Å². The molecule has 3 rings (SSSR count). The minimum Gasteiger partial charge on any atom is -0.340 e. The van der Waals surface area contributed by atoms with Crippen molar-refractivity contribution in [2.75, 3.05) is 31.5 Å². The van der Waals surface area contributed by atoms with Gasteiger partial charge in [-0.25, -0.2) is 13.9 Å². The van der Waals surface area contributed by atoms with Crippen molar-refractivity contribution in [3.63, 3.8) is 0 Å². The van der Waals surface area contributed by atoms with Crippen molar-refractivity contribution in [2.45, 2.75) is 33.1 Å². The molecule has 0 aliphatic carbocycles. The molecule has 2 aromatic heterocycles. The van der Waals surface area contributed by atoms with Crippen molar-refractivity contribution < 1.29 is 9.18 Å². The zero-order valence-electron chi connectivity index (χ0n) is 18.9. The van der Waals surface area contributed by atoms with Crippen LogP contribution in [0.25, 0.3) is 16.9 Å². The second-order valence-corrected chi connectivity index (χ2v) is 8.21. The molecule has 8 heteroatoms. The molecular weight excluding hydrogens is 462 g/mol. The van der Waals surface area contributed by atoms with Gasteiger partial charge in [-0.05, 0) is 31.0 Å². The van der Waals surface area contributed by atoms with Crippen molar-refractivity contribution >= 4 is 34.8 Å². The molecule has 0 fully saturated rings. The van der Waals surface area contributed by atoms with Gasteiger partial charge in [-0.2, -0.15) is 5.10 Å². The average Bonchev–Trinajstić information content (AvgIpc) is 3.20. The van der Waals surface area contributed by atoms with Gasteiger partial charge in [-0.1, -0.05) is 37.8 Å². The third-order valence-corrected chi connectivity index (χ3v) is 5.72. The van der Waals surface area contributed by atoms with E-state index >= 15 is 0 Å². The van der Waals surface area contributed by atoms with E-state index in [9.17, 15) is 9.18 Å². The molecule has 0 N–H and O–H groups in total. The van der Waals surface area contributed by atoms with Gasteiger partial charge in [0.05, 0.1) is 12.1 Å². The summed E-state index contributed by atoms with van der Waals surface area (Å²) in [7, 11) is 0. The van der Waals surface area contributed by atoms with Gasteiger partial charge in [0.15, 0.2) is 12.3 Å². The molecule has 0 spiro atoms. The number of benzene rings is 1. The topological polar surface area (TPSA) is 50.5 Å². The summed E-state index contributed by atoms with van der Waals surface area (Å²) in [6.45, 7) is 4.29. The molecule has 0 saturated carbocycles. The summed E-state index contributed by atoms with van der Waals surface area (Å²) in [6, 6.07) is 9.48. The number of aromatic nitrogens is 3. The van der Waals surface area contributed by atoms with Crippen LogP contribution in [0.2, 0.25) is 0 Å². The maximum Gasteiger partial charge on any atom is 0.227 e. The highest BCUT2D eigenvalue weighted by Crippen LogP contribution is 2.28. The van der Waals surface area contributed by atoms with Crippen LogP contribution in [0.5, 0.6) is 0 Å². The predicted molar refractivity (Wildman–Crippen MR) is 132 cm³/mol. The van der Waals surface area contributed by atoms with E-state index in [4.69, 9.17) is 33.3 Å². The van der Waals surface area contributed by atoms with Crippen LogP contribution in [0.15, 0.2) is 30.3 Å². The van der Waals surface area contributed by atoms with E-state index in [0.29, 0.717) is 41.8 Å².